The van der Waals surface area contributed by atoms with E-state index in [1.165, 1.54) is 0 Å². The molecule has 3 heterocycles. The number of rotatable bonds is 3. The first-order valence-electron chi connectivity index (χ1n) is 6.39. The van der Waals surface area contributed by atoms with Crippen molar-refractivity contribution in [2.75, 3.05) is 30.1 Å². The number of hydrogen-bond donors (Lipinski definition) is 2. The summed E-state index contributed by atoms with van der Waals surface area (Å²) in [5.41, 5.74) is 2.55. The van der Waals surface area contributed by atoms with Gasteiger partial charge in [-0.25, -0.2) is 10.8 Å². The summed E-state index contributed by atoms with van der Waals surface area (Å²) in [6.07, 6.45) is 1.03. The van der Waals surface area contributed by atoms with E-state index in [-0.39, 0.29) is 0 Å². The van der Waals surface area contributed by atoms with Crippen molar-refractivity contribution in [3.8, 4) is 0 Å². The van der Waals surface area contributed by atoms with Crippen LogP contribution in [0.3, 0.4) is 0 Å². The minimum absolute atomic E-state index is 0.359. The molecule has 0 aromatic carbocycles. The Labute approximate surface area is 115 Å². The van der Waals surface area contributed by atoms with E-state index in [4.69, 9.17) is 10.6 Å². The molecule has 1 atom stereocenters. The maximum atomic E-state index is 5.55. The summed E-state index contributed by atoms with van der Waals surface area (Å²) in [4.78, 5) is 12.2. The van der Waals surface area contributed by atoms with Crippen molar-refractivity contribution >= 4 is 33.3 Å². The van der Waals surface area contributed by atoms with E-state index in [9.17, 15) is 0 Å². The Hall–Kier alpha value is -1.44. The molecule has 2 aromatic rings. The van der Waals surface area contributed by atoms with Crippen LogP contribution in [0, 0.1) is 0 Å². The molecule has 0 amide bonds. The van der Waals surface area contributed by atoms with Gasteiger partial charge in [0, 0.05) is 6.54 Å². The molecule has 1 saturated heterocycles. The highest BCUT2D eigenvalue weighted by Gasteiger charge is 2.25. The molecule has 19 heavy (non-hydrogen) atoms. The topological polar surface area (TPSA) is 76.3 Å². The lowest BCUT2D eigenvalue weighted by Gasteiger charge is -2.36. The Balaban J connectivity index is 2.08. The molecule has 6 nitrogen and oxygen atoms in total. The number of nitrogens with two attached hydrogens (primary N) is 1. The van der Waals surface area contributed by atoms with Crippen molar-refractivity contribution in [1.29, 1.82) is 0 Å². The minimum Gasteiger partial charge on any atom is -0.377 e. The quantitative estimate of drug-likeness (QED) is 0.656. The van der Waals surface area contributed by atoms with Gasteiger partial charge < -0.3 is 9.64 Å². The summed E-state index contributed by atoms with van der Waals surface area (Å²) in [5, 5.41) is 3.12. The van der Waals surface area contributed by atoms with Gasteiger partial charge in [-0.3, -0.25) is 5.43 Å². The summed E-state index contributed by atoms with van der Waals surface area (Å²) >= 11 is 1.60. The molecule has 0 bridgehead atoms. The lowest BCUT2D eigenvalue weighted by molar-refractivity contribution is 0.0927. The van der Waals surface area contributed by atoms with Gasteiger partial charge in [-0.2, -0.15) is 4.98 Å². The van der Waals surface area contributed by atoms with E-state index in [0.717, 1.165) is 42.2 Å². The number of hydrazine groups is 1. The van der Waals surface area contributed by atoms with Crippen molar-refractivity contribution in [3.05, 3.63) is 11.4 Å². The Morgan fingerprint density at radius 3 is 3.26 bits per heavy atom. The van der Waals surface area contributed by atoms with Gasteiger partial charge in [0.2, 0.25) is 5.95 Å². The van der Waals surface area contributed by atoms with Crippen LogP contribution in [0.4, 0.5) is 11.8 Å². The summed E-state index contributed by atoms with van der Waals surface area (Å²) < 4.78 is 5.55. The number of morpholine rings is 1. The predicted molar refractivity (Wildman–Crippen MR) is 77.5 cm³/mol. The van der Waals surface area contributed by atoms with E-state index < -0.39 is 0 Å². The van der Waals surface area contributed by atoms with Crippen LogP contribution in [-0.4, -0.2) is 35.8 Å². The molecule has 3 N–H and O–H groups in total. The molecule has 1 aliphatic rings. The fourth-order valence-electron chi connectivity index (χ4n) is 2.40. The zero-order valence-corrected chi connectivity index (χ0v) is 11.6. The van der Waals surface area contributed by atoms with Crippen molar-refractivity contribution in [3.63, 3.8) is 0 Å². The van der Waals surface area contributed by atoms with Crippen LogP contribution in [0.2, 0.25) is 0 Å². The average Bonchev–Trinajstić information content (AvgIpc) is 2.94. The number of nitrogens with one attached hydrogen (secondary N) is 1. The van der Waals surface area contributed by atoms with Crippen molar-refractivity contribution in [2.45, 2.75) is 19.4 Å². The van der Waals surface area contributed by atoms with Crippen LogP contribution >= 0.6 is 11.3 Å². The molecule has 102 valence electrons. The first kappa shape index (κ1) is 12.6. The Bertz CT molecular complexity index is 572. The van der Waals surface area contributed by atoms with E-state index in [2.05, 4.69) is 33.3 Å². The van der Waals surface area contributed by atoms with Gasteiger partial charge in [-0.1, -0.05) is 6.92 Å². The van der Waals surface area contributed by atoms with Gasteiger partial charge in [0.05, 0.1) is 24.6 Å². The van der Waals surface area contributed by atoms with Crippen molar-refractivity contribution in [2.24, 2.45) is 5.84 Å². The second kappa shape index (κ2) is 5.28. The minimum atomic E-state index is 0.359. The van der Waals surface area contributed by atoms with E-state index in [0.29, 0.717) is 12.0 Å². The molecular formula is C12H17N5OS. The van der Waals surface area contributed by atoms with Crippen molar-refractivity contribution < 1.29 is 4.74 Å². The lowest BCUT2D eigenvalue weighted by Crippen LogP contribution is -2.45. The zero-order chi connectivity index (χ0) is 13.2. The maximum absolute atomic E-state index is 5.55. The number of nitrogen functional groups attached to an aromatic ring is 1. The number of ether oxygens (including phenoxy) is 1. The standard InChI is InChI=1S/C12H17N5OS/c1-2-8-7-18-5-4-17(8)10-9-3-6-19-11(9)15-12(14-10)16-13/h3,6,8H,2,4-5,7,13H2,1H3,(H,14,15,16). The highest BCUT2D eigenvalue weighted by atomic mass is 32.1. The third-order valence-corrected chi connectivity index (χ3v) is 4.21. The summed E-state index contributed by atoms with van der Waals surface area (Å²) in [7, 11) is 0. The third kappa shape index (κ3) is 2.24. The summed E-state index contributed by atoms with van der Waals surface area (Å²) in [5.74, 6) is 6.88. The first-order valence-corrected chi connectivity index (χ1v) is 7.27. The Kier molecular flexibility index (Phi) is 3.50. The SMILES string of the molecule is CCC1COCCN1c1nc(NN)nc2sccc12. The lowest BCUT2D eigenvalue weighted by atomic mass is 10.1. The molecule has 0 aliphatic carbocycles. The van der Waals surface area contributed by atoms with Crippen LogP contribution in [0.1, 0.15) is 13.3 Å². The van der Waals surface area contributed by atoms with Crippen LogP contribution < -0.4 is 16.2 Å². The van der Waals surface area contributed by atoms with Gasteiger partial charge in [-0.05, 0) is 17.9 Å². The Morgan fingerprint density at radius 2 is 2.47 bits per heavy atom. The molecule has 0 saturated carbocycles. The zero-order valence-electron chi connectivity index (χ0n) is 10.8. The Morgan fingerprint density at radius 1 is 1.58 bits per heavy atom. The van der Waals surface area contributed by atoms with Crippen LogP contribution in [0.5, 0.6) is 0 Å². The number of hydrogen-bond acceptors (Lipinski definition) is 7. The smallest absolute Gasteiger partial charge is 0.240 e. The van der Waals surface area contributed by atoms with Crippen LogP contribution in [0.15, 0.2) is 11.4 Å². The van der Waals surface area contributed by atoms with Gasteiger partial charge in [0.1, 0.15) is 10.6 Å². The molecule has 1 fully saturated rings. The normalized spacial score (nSPS) is 19.9. The van der Waals surface area contributed by atoms with E-state index >= 15 is 0 Å². The number of aromatic nitrogens is 2. The number of thiophene rings is 1. The summed E-state index contributed by atoms with van der Waals surface area (Å²) in [6.45, 7) is 4.50. The van der Waals surface area contributed by atoms with E-state index in [1.807, 2.05) is 5.38 Å². The number of anilines is 2. The average molecular weight is 279 g/mol. The monoisotopic (exact) mass is 279 g/mol. The molecule has 3 rings (SSSR count). The fraction of sp³-hybridized carbons (Fsp3) is 0.500. The second-order valence-corrected chi connectivity index (χ2v) is 5.38. The van der Waals surface area contributed by atoms with Crippen molar-refractivity contribution in [1.82, 2.24) is 9.97 Å². The highest BCUT2D eigenvalue weighted by molar-refractivity contribution is 7.16. The van der Waals surface area contributed by atoms with Gasteiger partial charge in [0.15, 0.2) is 0 Å². The van der Waals surface area contributed by atoms with Gasteiger partial charge >= 0.3 is 0 Å². The highest BCUT2D eigenvalue weighted by Crippen LogP contribution is 2.31. The number of nitrogens with zero attached hydrogens (tertiary/aromatic N) is 3. The third-order valence-electron chi connectivity index (χ3n) is 3.40. The van der Waals surface area contributed by atoms with E-state index in [1.54, 1.807) is 11.3 Å². The molecule has 0 spiro atoms. The molecule has 1 unspecified atom stereocenters. The number of fused-ring (bicyclic) bond motifs is 1. The van der Waals surface area contributed by atoms with Crippen LogP contribution in [-0.2, 0) is 4.74 Å². The molecule has 1 aliphatic heterocycles. The summed E-state index contributed by atoms with van der Waals surface area (Å²) in [6, 6.07) is 2.43. The predicted octanol–water partition coefficient (Wildman–Crippen LogP) is 1.59. The molecular weight excluding hydrogens is 262 g/mol. The second-order valence-electron chi connectivity index (χ2n) is 4.48. The van der Waals surface area contributed by atoms with Crippen LogP contribution in [0.25, 0.3) is 10.2 Å². The largest absolute Gasteiger partial charge is 0.377 e. The maximum Gasteiger partial charge on any atom is 0.240 e. The molecule has 7 heteroatoms. The first-order chi connectivity index (χ1) is 9.33. The molecule has 0 radical (unpaired) electrons. The molecule has 2 aromatic heterocycles. The van der Waals surface area contributed by atoms with Gasteiger partial charge in [-0.15, -0.1) is 11.3 Å². The van der Waals surface area contributed by atoms with Gasteiger partial charge in [0.25, 0.3) is 0 Å². The fourth-order valence-corrected chi connectivity index (χ4v) is 3.15.